The molecule has 11 heavy (non-hydrogen) atoms. The summed E-state index contributed by atoms with van der Waals surface area (Å²) in [6.07, 6.45) is 1.09. The summed E-state index contributed by atoms with van der Waals surface area (Å²) in [4.78, 5) is 8.19. The molecular weight excluding hydrogens is 195 g/mol. The molecule has 6 heteroatoms. The fraction of sp³-hybridized carbons (Fsp3) is 1.00. The van der Waals surface area contributed by atoms with E-state index >= 15 is 0 Å². The Morgan fingerprint density at radius 2 is 2.18 bits per heavy atom. The van der Waals surface area contributed by atoms with Gasteiger partial charge in [0, 0.05) is 0 Å². The SMILES string of the molecule is CCCCC(O)O[PH](=O)O.[CaH2]. The third kappa shape index (κ3) is 11.4. The van der Waals surface area contributed by atoms with Crippen LogP contribution in [0.5, 0.6) is 0 Å². The summed E-state index contributed by atoms with van der Waals surface area (Å²) < 4.78 is 14.2. The maximum atomic E-state index is 9.98. The molecule has 2 unspecified atom stereocenters. The van der Waals surface area contributed by atoms with Gasteiger partial charge in [0.2, 0.25) is 0 Å². The topological polar surface area (TPSA) is 66.8 Å². The molecule has 0 aliphatic heterocycles. The van der Waals surface area contributed by atoms with Gasteiger partial charge in [-0.25, -0.2) is 0 Å². The van der Waals surface area contributed by atoms with Gasteiger partial charge in [0.1, 0.15) is 0 Å². The molecule has 0 radical (unpaired) electrons. The Balaban J connectivity index is 0. The van der Waals surface area contributed by atoms with E-state index < -0.39 is 14.5 Å². The molecule has 0 rings (SSSR count). The number of rotatable bonds is 5. The molecule has 0 saturated carbocycles. The zero-order valence-electron chi connectivity index (χ0n) is 5.91. The van der Waals surface area contributed by atoms with Gasteiger partial charge in [0.05, 0.1) is 0 Å². The third-order valence-corrected chi connectivity index (χ3v) is 1.52. The Morgan fingerprint density at radius 3 is 2.55 bits per heavy atom. The molecule has 2 N–H and O–H groups in total. The van der Waals surface area contributed by atoms with Gasteiger partial charge in [-0.15, -0.1) is 0 Å². The first-order valence-electron chi connectivity index (χ1n) is 3.24. The molecule has 0 saturated heterocycles. The van der Waals surface area contributed by atoms with E-state index in [9.17, 15) is 4.57 Å². The van der Waals surface area contributed by atoms with Crippen LogP contribution in [0.4, 0.5) is 0 Å². The molecule has 4 nitrogen and oxygen atoms in total. The predicted octanol–water partition coefficient (Wildman–Crippen LogP) is -0.0226. The normalized spacial score (nSPS) is 15.2. The second-order valence-corrected chi connectivity index (χ2v) is 2.75. The van der Waals surface area contributed by atoms with Gasteiger partial charge in [-0.1, -0.05) is 13.3 Å². The van der Waals surface area contributed by atoms with Crippen LogP contribution in [0.25, 0.3) is 0 Å². The number of aliphatic hydroxyl groups excluding tert-OH is 1. The standard InChI is InChI=1S/C5H13O4P.Ca.2H/c1-2-3-4-5(6)9-10(7)8;;;/h5-6,10H,2-4H2,1H3,(H,7,8);;;. The predicted molar refractivity (Wildman–Crippen MR) is 46.4 cm³/mol. The van der Waals surface area contributed by atoms with Gasteiger partial charge in [-0.05, 0) is 12.8 Å². The Labute approximate surface area is 96.9 Å². The first kappa shape index (κ1) is 14.9. The maximum absolute atomic E-state index is 9.98. The fourth-order valence-corrected chi connectivity index (χ4v) is 0.905. The molecule has 0 bridgehead atoms. The molecule has 0 spiro atoms. The summed E-state index contributed by atoms with van der Waals surface area (Å²) in [5.74, 6) is 0. The van der Waals surface area contributed by atoms with Crippen molar-refractivity contribution in [3.63, 3.8) is 0 Å². The van der Waals surface area contributed by atoms with Crippen LogP contribution in [0, 0.1) is 0 Å². The van der Waals surface area contributed by atoms with Crippen LogP contribution in [0.3, 0.4) is 0 Å². The van der Waals surface area contributed by atoms with E-state index in [1.807, 2.05) is 6.92 Å². The second-order valence-electron chi connectivity index (χ2n) is 1.98. The van der Waals surface area contributed by atoms with Crippen LogP contribution >= 0.6 is 8.25 Å². The summed E-state index contributed by atoms with van der Waals surface area (Å²) in [5.41, 5.74) is 0. The summed E-state index contributed by atoms with van der Waals surface area (Å²) in [5, 5.41) is 8.79. The summed E-state index contributed by atoms with van der Waals surface area (Å²) in [6.45, 7) is 1.97. The molecule has 0 aliphatic rings. The quantitative estimate of drug-likeness (QED) is 0.380. The van der Waals surface area contributed by atoms with E-state index in [-0.39, 0.29) is 37.7 Å². The van der Waals surface area contributed by atoms with Crippen LogP contribution < -0.4 is 0 Å². The Hall–Kier alpha value is 1.37. The van der Waals surface area contributed by atoms with E-state index in [2.05, 4.69) is 4.52 Å². The van der Waals surface area contributed by atoms with Crippen molar-refractivity contribution in [3.8, 4) is 0 Å². The van der Waals surface area contributed by atoms with Crippen LogP contribution in [0.2, 0.25) is 0 Å². The molecule has 66 valence electrons. The summed E-state index contributed by atoms with van der Waals surface area (Å²) in [7, 11) is -2.96. The van der Waals surface area contributed by atoms with E-state index in [4.69, 9.17) is 10.00 Å². The Kier molecular flexibility index (Phi) is 12.8. The van der Waals surface area contributed by atoms with Crippen molar-refractivity contribution < 1.29 is 19.1 Å². The van der Waals surface area contributed by atoms with E-state index in [1.54, 1.807) is 0 Å². The molecule has 0 aromatic carbocycles. The van der Waals surface area contributed by atoms with E-state index in [1.165, 1.54) is 0 Å². The van der Waals surface area contributed by atoms with Crippen molar-refractivity contribution in [1.82, 2.24) is 0 Å². The van der Waals surface area contributed by atoms with Crippen molar-refractivity contribution in [2.24, 2.45) is 0 Å². The summed E-state index contributed by atoms with van der Waals surface area (Å²) >= 11 is 0. The van der Waals surface area contributed by atoms with Crippen LogP contribution in [-0.4, -0.2) is 54.0 Å². The van der Waals surface area contributed by atoms with Crippen LogP contribution in [0.1, 0.15) is 26.2 Å². The molecular formula is C5H15CaO4P. The monoisotopic (exact) mass is 210 g/mol. The van der Waals surface area contributed by atoms with Crippen molar-refractivity contribution in [3.05, 3.63) is 0 Å². The minimum absolute atomic E-state index is 0. The van der Waals surface area contributed by atoms with Gasteiger partial charge in [-0.3, -0.25) is 9.09 Å². The van der Waals surface area contributed by atoms with Gasteiger partial charge >= 0.3 is 46.0 Å². The van der Waals surface area contributed by atoms with Crippen LogP contribution in [0.15, 0.2) is 0 Å². The minimum atomic E-state index is -2.96. The van der Waals surface area contributed by atoms with Crippen molar-refractivity contribution in [1.29, 1.82) is 0 Å². The molecule has 0 aromatic rings. The first-order chi connectivity index (χ1) is 4.66. The molecule has 0 fully saturated rings. The Morgan fingerprint density at radius 1 is 1.64 bits per heavy atom. The number of hydrogen-bond acceptors (Lipinski definition) is 3. The number of unbranched alkanes of at least 4 members (excludes halogenated alkanes) is 1. The van der Waals surface area contributed by atoms with Gasteiger partial charge < -0.3 is 10.00 Å². The molecule has 0 heterocycles. The van der Waals surface area contributed by atoms with E-state index in [0.717, 1.165) is 12.8 Å². The molecule has 2 atom stereocenters. The molecule has 0 aromatic heterocycles. The fourth-order valence-electron chi connectivity index (χ4n) is 0.554. The first-order valence-corrected chi connectivity index (χ1v) is 4.50. The number of aliphatic hydroxyl groups is 1. The van der Waals surface area contributed by atoms with Crippen molar-refractivity contribution >= 4 is 46.0 Å². The van der Waals surface area contributed by atoms with E-state index in [0.29, 0.717) is 6.42 Å². The Bertz CT molecular complexity index is 111. The molecule has 0 amide bonds. The average molecular weight is 210 g/mol. The van der Waals surface area contributed by atoms with Crippen molar-refractivity contribution in [2.45, 2.75) is 32.5 Å². The van der Waals surface area contributed by atoms with Crippen LogP contribution in [-0.2, 0) is 9.09 Å². The van der Waals surface area contributed by atoms with Crippen molar-refractivity contribution in [2.75, 3.05) is 0 Å². The zero-order chi connectivity index (χ0) is 7.98. The zero-order valence-corrected chi connectivity index (χ0v) is 6.91. The third-order valence-electron chi connectivity index (χ3n) is 1.04. The second kappa shape index (κ2) is 9.46. The molecule has 0 aliphatic carbocycles. The van der Waals surface area contributed by atoms with Gasteiger partial charge in [0.15, 0.2) is 6.29 Å². The van der Waals surface area contributed by atoms with Gasteiger partial charge in [0.25, 0.3) is 0 Å². The average Bonchev–Trinajstić information content (AvgIpc) is 1.82. The number of hydrogen-bond donors (Lipinski definition) is 2. The van der Waals surface area contributed by atoms with Gasteiger partial charge in [-0.2, -0.15) is 0 Å². The summed E-state index contributed by atoms with van der Waals surface area (Å²) in [6, 6.07) is 0.